The summed E-state index contributed by atoms with van der Waals surface area (Å²) in [6, 6.07) is 4.42. The zero-order valence-electron chi connectivity index (χ0n) is 11.7. The van der Waals surface area contributed by atoms with E-state index in [0.717, 1.165) is 0 Å². The summed E-state index contributed by atoms with van der Waals surface area (Å²) in [5.74, 6) is 0.674. The zero-order valence-corrected chi connectivity index (χ0v) is 12.4. The molecule has 0 spiro atoms. The van der Waals surface area contributed by atoms with Gasteiger partial charge in [-0.1, -0.05) is 30.6 Å². The van der Waals surface area contributed by atoms with Crippen molar-refractivity contribution in [2.75, 3.05) is 0 Å². The number of benzene rings is 1. The highest BCUT2D eigenvalue weighted by Crippen LogP contribution is 2.22. The molecule has 7 heteroatoms. The Balaban J connectivity index is 2.01. The third-order valence-corrected chi connectivity index (χ3v) is 2.96. The Morgan fingerprint density at radius 3 is 2.90 bits per heavy atom. The quantitative estimate of drug-likeness (QED) is 0.881. The van der Waals surface area contributed by atoms with Crippen LogP contribution in [0.3, 0.4) is 0 Å². The normalized spacial score (nSPS) is 10.9. The molecule has 1 heterocycles. The summed E-state index contributed by atoms with van der Waals surface area (Å²) < 4.78 is 10.5. The molecule has 1 aromatic heterocycles. The van der Waals surface area contributed by atoms with Gasteiger partial charge in [0.05, 0.1) is 10.6 Å². The minimum Gasteiger partial charge on any atom is -0.485 e. The number of aromatic carboxylic acids is 1. The highest BCUT2D eigenvalue weighted by Gasteiger charge is 2.12. The molecule has 0 atom stereocenters. The lowest BCUT2D eigenvalue weighted by molar-refractivity contribution is 0.0696. The van der Waals surface area contributed by atoms with E-state index in [1.54, 1.807) is 6.07 Å². The molecule has 0 radical (unpaired) electrons. The Hall–Kier alpha value is -2.08. The first-order chi connectivity index (χ1) is 9.95. The van der Waals surface area contributed by atoms with E-state index in [1.165, 1.54) is 12.1 Å². The highest BCUT2D eigenvalue weighted by atomic mass is 35.5. The number of hydrogen-bond acceptors (Lipinski definition) is 5. The van der Waals surface area contributed by atoms with Crippen molar-refractivity contribution in [1.82, 2.24) is 10.1 Å². The fraction of sp³-hybridized carbons (Fsp3) is 0.357. The SMILES string of the molecule is CC(C)Cc1nc(COc2ccc(Cl)c(C(=O)O)c2)no1. The van der Waals surface area contributed by atoms with Crippen molar-refractivity contribution in [3.05, 3.63) is 40.5 Å². The second kappa shape index (κ2) is 6.58. The molecule has 2 aromatic rings. The Labute approximate surface area is 126 Å². The van der Waals surface area contributed by atoms with Gasteiger partial charge < -0.3 is 14.4 Å². The van der Waals surface area contributed by atoms with Crippen molar-refractivity contribution in [3.8, 4) is 5.75 Å². The summed E-state index contributed by atoms with van der Waals surface area (Å²) in [6.45, 7) is 4.21. The molecule has 2 rings (SSSR count). The van der Waals surface area contributed by atoms with Gasteiger partial charge in [0.25, 0.3) is 0 Å². The molecule has 6 nitrogen and oxygen atoms in total. The Bertz CT molecular complexity index is 640. The Morgan fingerprint density at radius 1 is 1.48 bits per heavy atom. The summed E-state index contributed by atoms with van der Waals surface area (Å²) in [7, 11) is 0. The van der Waals surface area contributed by atoms with Crippen LogP contribution >= 0.6 is 11.6 Å². The van der Waals surface area contributed by atoms with Crippen LogP contribution in [0, 0.1) is 5.92 Å². The summed E-state index contributed by atoms with van der Waals surface area (Å²) in [6.07, 6.45) is 0.705. The summed E-state index contributed by atoms with van der Waals surface area (Å²) in [5, 5.41) is 12.9. The number of carbonyl (C=O) groups is 1. The largest absolute Gasteiger partial charge is 0.485 e. The number of carboxylic acid groups (broad SMARTS) is 1. The molecule has 0 amide bonds. The van der Waals surface area contributed by atoms with Gasteiger partial charge in [-0.15, -0.1) is 0 Å². The number of halogens is 1. The van der Waals surface area contributed by atoms with Crippen molar-refractivity contribution in [3.63, 3.8) is 0 Å². The standard InChI is InChI=1S/C14H15ClN2O4/c1-8(2)5-13-16-12(17-21-13)7-20-9-3-4-11(15)10(6-9)14(18)19/h3-4,6,8H,5,7H2,1-2H3,(H,18,19). The van der Waals surface area contributed by atoms with Crippen LogP contribution < -0.4 is 4.74 Å². The lowest BCUT2D eigenvalue weighted by Gasteiger charge is -2.05. The fourth-order valence-corrected chi connectivity index (χ4v) is 1.89. The van der Waals surface area contributed by atoms with Gasteiger partial charge >= 0.3 is 5.97 Å². The lowest BCUT2D eigenvalue weighted by Crippen LogP contribution is -2.01. The van der Waals surface area contributed by atoms with E-state index >= 15 is 0 Å². The summed E-state index contributed by atoms with van der Waals surface area (Å²) in [5.41, 5.74) is -0.0113. The van der Waals surface area contributed by atoms with Gasteiger partial charge in [0.1, 0.15) is 5.75 Å². The molecular formula is C14H15ClN2O4. The third-order valence-electron chi connectivity index (χ3n) is 2.63. The topological polar surface area (TPSA) is 85.5 Å². The van der Waals surface area contributed by atoms with Crippen LogP contribution in [0.25, 0.3) is 0 Å². The summed E-state index contributed by atoms with van der Waals surface area (Å²) >= 11 is 5.78. The van der Waals surface area contributed by atoms with Gasteiger partial charge in [-0.25, -0.2) is 4.79 Å². The predicted molar refractivity (Wildman–Crippen MR) is 75.6 cm³/mol. The smallest absolute Gasteiger partial charge is 0.337 e. The number of nitrogens with zero attached hydrogens (tertiary/aromatic N) is 2. The molecule has 21 heavy (non-hydrogen) atoms. The average molecular weight is 311 g/mol. The van der Waals surface area contributed by atoms with E-state index in [0.29, 0.717) is 29.8 Å². The van der Waals surface area contributed by atoms with Crippen molar-refractivity contribution < 1.29 is 19.2 Å². The lowest BCUT2D eigenvalue weighted by atomic mass is 10.1. The van der Waals surface area contributed by atoms with Crippen LogP contribution in [-0.2, 0) is 13.0 Å². The molecule has 0 aliphatic carbocycles. The highest BCUT2D eigenvalue weighted by molar-refractivity contribution is 6.33. The number of rotatable bonds is 6. The van der Waals surface area contributed by atoms with E-state index in [2.05, 4.69) is 24.0 Å². The van der Waals surface area contributed by atoms with Crippen LogP contribution in [0.4, 0.5) is 0 Å². The Kier molecular flexibility index (Phi) is 4.80. The first kappa shape index (κ1) is 15.3. The van der Waals surface area contributed by atoms with Crippen LogP contribution in [0.5, 0.6) is 5.75 Å². The van der Waals surface area contributed by atoms with Crippen molar-refractivity contribution in [1.29, 1.82) is 0 Å². The van der Waals surface area contributed by atoms with E-state index < -0.39 is 5.97 Å². The van der Waals surface area contributed by atoms with Crippen molar-refractivity contribution >= 4 is 17.6 Å². The first-order valence-electron chi connectivity index (χ1n) is 6.43. The number of ether oxygens (including phenoxy) is 1. The Morgan fingerprint density at radius 2 is 2.24 bits per heavy atom. The number of hydrogen-bond donors (Lipinski definition) is 1. The molecule has 0 saturated heterocycles. The minimum absolute atomic E-state index is 0.0113. The third kappa shape index (κ3) is 4.19. The van der Waals surface area contributed by atoms with Gasteiger partial charge in [-0.2, -0.15) is 4.98 Å². The number of carboxylic acids is 1. The summed E-state index contributed by atoms with van der Waals surface area (Å²) in [4.78, 5) is 15.2. The number of aromatic nitrogens is 2. The van der Waals surface area contributed by atoms with Crippen LogP contribution in [0.15, 0.2) is 22.7 Å². The van der Waals surface area contributed by atoms with Gasteiger partial charge in [-0.05, 0) is 24.1 Å². The minimum atomic E-state index is -1.11. The molecule has 0 aliphatic rings. The molecular weight excluding hydrogens is 296 g/mol. The fourth-order valence-electron chi connectivity index (χ4n) is 1.69. The molecule has 1 N–H and O–H groups in total. The second-order valence-corrected chi connectivity index (χ2v) is 5.34. The molecule has 0 aliphatic heterocycles. The molecule has 0 unspecified atom stereocenters. The van der Waals surface area contributed by atoms with E-state index in [1.807, 2.05) is 0 Å². The van der Waals surface area contributed by atoms with E-state index in [-0.39, 0.29) is 17.2 Å². The van der Waals surface area contributed by atoms with Crippen LogP contribution in [0.2, 0.25) is 5.02 Å². The first-order valence-corrected chi connectivity index (χ1v) is 6.80. The van der Waals surface area contributed by atoms with E-state index in [9.17, 15) is 4.79 Å². The maximum absolute atomic E-state index is 11.0. The van der Waals surface area contributed by atoms with Gasteiger partial charge in [0.2, 0.25) is 11.7 Å². The van der Waals surface area contributed by atoms with Gasteiger partial charge in [-0.3, -0.25) is 0 Å². The molecule has 0 bridgehead atoms. The molecule has 0 fully saturated rings. The second-order valence-electron chi connectivity index (χ2n) is 4.94. The molecule has 112 valence electrons. The zero-order chi connectivity index (χ0) is 15.4. The van der Waals surface area contributed by atoms with Gasteiger partial charge in [0, 0.05) is 6.42 Å². The maximum atomic E-state index is 11.0. The monoisotopic (exact) mass is 310 g/mol. The van der Waals surface area contributed by atoms with Crippen LogP contribution in [-0.4, -0.2) is 21.2 Å². The predicted octanol–water partition coefficient (Wildman–Crippen LogP) is 3.20. The van der Waals surface area contributed by atoms with E-state index in [4.69, 9.17) is 26.0 Å². The van der Waals surface area contributed by atoms with Crippen LogP contribution in [0.1, 0.15) is 35.9 Å². The van der Waals surface area contributed by atoms with Gasteiger partial charge in [0.15, 0.2) is 6.61 Å². The maximum Gasteiger partial charge on any atom is 0.337 e. The average Bonchev–Trinajstić information content (AvgIpc) is 2.84. The molecule has 0 saturated carbocycles. The van der Waals surface area contributed by atoms with Crippen molar-refractivity contribution in [2.45, 2.75) is 26.9 Å². The van der Waals surface area contributed by atoms with Crippen molar-refractivity contribution in [2.24, 2.45) is 5.92 Å². The molecule has 1 aromatic carbocycles.